The maximum atomic E-state index is 13.2. The predicted octanol–water partition coefficient (Wildman–Crippen LogP) is 3.39. The summed E-state index contributed by atoms with van der Waals surface area (Å²) in [6, 6.07) is 13.2. The summed E-state index contributed by atoms with van der Waals surface area (Å²) in [5, 5.41) is 3.00. The zero-order valence-electron chi connectivity index (χ0n) is 18.1. The van der Waals surface area contributed by atoms with Gasteiger partial charge in [0.25, 0.3) is 5.91 Å². The van der Waals surface area contributed by atoms with E-state index in [2.05, 4.69) is 5.32 Å². The van der Waals surface area contributed by atoms with Crippen LogP contribution in [0.2, 0.25) is 0 Å². The monoisotopic (exact) mass is 410 g/mol. The van der Waals surface area contributed by atoms with E-state index in [9.17, 15) is 9.59 Å². The van der Waals surface area contributed by atoms with Crippen LogP contribution in [0.15, 0.2) is 42.5 Å². The second-order valence-corrected chi connectivity index (χ2v) is 7.61. The van der Waals surface area contributed by atoms with Crippen LogP contribution >= 0.6 is 0 Å². The molecule has 2 amide bonds. The third-order valence-electron chi connectivity index (χ3n) is 5.70. The minimum atomic E-state index is -0.356. The van der Waals surface area contributed by atoms with E-state index in [0.29, 0.717) is 36.7 Å². The smallest absolute Gasteiger partial charge is 0.254 e. The van der Waals surface area contributed by atoms with Crippen LogP contribution in [0.5, 0.6) is 11.5 Å². The van der Waals surface area contributed by atoms with Gasteiger partial charge >= 0.3 is 0 Å². The van der Waals surface area contributed by atoms with E-state index in [1.807, 2.05) is 56.3 Å². The zero-order valence-corrected chi connectivity index (χ0v) is 18.1. The summed E-state index contributed by atoms with van der Waals surface area (Å²) < 4.78 is 11.1. The van der Waals surface area contributed by atoms with E-state index in [-0.39, 0.29) is 23.7 Å². The van der Waals surface area contributed by atoms with Crippen LogP contribution in [0.25, 0.3) is 0 Å². The number of nitrogens with one attached hydrogen (secondary N) is 1. The molecule has 1 saturated heterocycles. The molecule has 2 aromatic carbocycles. The first kappa shape index (κ1) is 21.7. The molecule has 6 nitrogen and oxygen atoms in total. The summed E-state index contributed by atoms with van der Waals surface area (Å²) in [4.78, 5) is 28.0. The number of methoxy groups -OCH3 is 2. The molecule has 1 fully saturated rings. The minimum Gasteiger partial charge on any atom is -0.493 e. The van der Waals surface area contributed by atoms with E-state index in [0.717, 1.165) is 17.5 Å². The Morgan fingerprint density at radius 3 is 2.50 bits per heavy atom. The Morgan fingerprint density at radius 1 is 1.07 bits per heavy atom. The molecule has 0 aliphatic carbocycles. The van der Waals surface area contributed by atoms with Crippen molar-refractivity contribution in [2.24, 2.45) is 5.92 Å². The lowest BCUT2D eigenvalue weighted by atomic mass is 9.87. The van der Waals surface area contributed by atoms with Crippen LogP contribution in [0.4, 0.5) is 0 Å². The van der Waals surface area contributed by atoms with E-state index < -0.39 is 0 Å². The lowest BCUT2D eigenvalue weighted by Crippen LogP contribution is -2.36. The number of ether oxygens (including phenoxy) is 2. The second-order valence-electron chi connectivity index (χ2n) is 7.61. The molecule has 1 heterocycles. The molecule has 2 unspecified atom stereocenters. The average Bonchev–Trinajstić information content (AvgIpc) is 3.22. The van der Waals surface area contributed by atoms with Gasteiger partial charge < -0.3 is 19.7 Å². The average molecular weight is 411 g/mol. The molecule has 30 heavy (non-hydrogen) atoms. The normalized spacial score (nSPS) is 18.2. The lowest BCUT2D eigenvalue weighted by Gasteiger charge is -2.21. The Bertz CT molecular complexity index is 912. The summed E-state index contributed by atoms with van der Waals surface area (Å²) in [5.74, 6) is 0.609. The van der Waals surface area contributed by atoms with Gasteiger partial charge in [0, 0.05) is 36.7 Å². The van der Waals surface area contributed by atoms with Crippen molar-refractivity contribution >= 4 is 11.8 Å². The van der Waals surface area contributed by atoms with Crippen LogP contribution in [0.3, 0.4) is 0 Å². The molecule has 6 heteroatoms. The Kier molecular flexibility index (Phi) is 6.98. The van der Waals surface area contributed by atoms with Gasteiger partial charge in [-0.2, -0.15) is 0 Å². The fourth-order valence-corrected chi connectivity index (χ4v) is 4.12. The number of benzene rings is 2. The van der Waals surface area contributed by atoms with E-state index in [1.165, 1.54) is 0 Å². The fourth-order valence-electron chi connectivity index (χ4n) is 4.12. The SMILES string of the molecule is CCCNC(=O)C1CN(C(=O)c2ccccc2C)CC1c1cccc(OC)c1OC. The van der Waals surface area contributed by atoms with Gasteiger partial charge in [-0.3, -0.25) is 9.59 Å². The van der Waals surface area contributed by atoms with Gasteiger partial charge in [0.05, 0.1) is 20.1 Å². The van der Waals surface area contributed by atoms with E-state index >= 15 is 0 Å². The molecule has 0 bridgehead atoms. The largest absolute Gasteiger partial charge is 0.493 e. The van der Waals surface area contributed by atoms with Gasteiger partial charge in [0.15, 0.2) is 11.5 Å². The number of hydrogen-bond donors (Lipinski definition) is 1. The van der Waals surface area contributed by atoms with Crippen molar-refractivity contribution in [3.63, 3.8) is 0 Å². The number of hydrogen-bond acceptors (Lipinski definition) is 4. The third kappa shape index (κ3) is 4.27. The molecule has 0 spiro atoms. The van der Waals surface area contributed by atoms with Crippen molar-refractivity contribution in [2.75, 3.05) is 33.9 Å². The summed E-state index contributed by atoms with van der Waals surface area (Å²) >= 11 is 0. The van der Waals surface area contributed by atoms with Gasteiger partial charge in [-0.15, -0.1) is 0 Å². The van der Waals surface area contributed by atoms with Gasteiger partial charge in [0.1, 0.15) is 0 Å². The summed E-state index contributed by atoms with van der Waals surface area (Å²) in [5.41, 5.74) is 2.48. The molecular weight excluding hydrogens is 380 g/mol. The van der Waals surface area contributed by atoms with Crippen LogP contribution < -0.4 is 14.8 Å². The van der Waals surface area contributed by atoms with Crippen molar-refractivity contribution in [3.8, 4) is 11.5 Å². The Labute approximate surface area is 178 Å². The number of amides is 2. The molecule has 3 rings (SSSR count). The van der Waals surface area contributed by atoms with Gasteiger partial charge in [-0.1, -0.05) is 37.3 Å². The molecule has 2 aromatic rings. The molecular formula is C24H30N2O4. The van der Waals surface area contributed by atoms with Crippen LogP contribution in [0, 0.1) is 12.8 Å². The number of nitrogens with zero attached hydrogens (tertiary/aromatic N) is 1. The molecule has 2 atom stereocenters. The van der Waals surface area contributed by atoms with Gasteiger partial charge in [-0.05, 0) is 31.0 Å². The zero-order chi connectivity index (χ0) is 21.7. The standard InChI is InChI=1S/C24H30N2O4/c1-5-13-25-23(27)20-15-26(24(28)17-10-7-6-9-16(17)2)14-19(20)18-11-8-12-21(29-3)22(18)30-4/h6-12,19-20H,5,13-15H2,1-4H3,(H,25,27). The predicted molar refractivity (Wildman–Crippen MR) is 116 cm³/mol. The first-order valence-electron chi connectivity index (χ1n) is 10.3. The van der Waals surface area contributed by atoms with Crippen molar-refractivity contribution in [3.05, 3.63) is 59.2 Å². The number of para-hydroxylation sites is 1. The van der Waals surface area contributed by atoms with Gasteiger partial charge in [0.2, 0.25) is 5.91 Å². The highest BCUT2D eigenvalue weighted by Crippen LogP contribution is 2.42. The van der Waals surface area contributed by atoms with Crippen LogP contribution in [0.1, 0.15) is 40.7 Å². The Morgan fingerprint density at radius 2 is 1.83 bits per heavy atom. The quantitative estimate of drug-likeness (QED) is 0.760. The summed E-state index contributed by atoms with van der Waals surface area (Å²) in [6.45, 7) is 5.38. The third-order valence-corrected chi connectivity index (χ3v) is 5.70. The first-order chi connectivity index (χ1) is 14.5. The van der Waals surface area contributed by atoms with Crippen molar-refractivity contribution in [1.82, 2.24) is 10.2 Å². The lowest BCUT2D eigenvalue weighted by molar-refractivity contribution is -0.124. The van der Waals surface area contributed by atoms with Crippen molar-refractivity contribution in [1.29, 1.82) is 0 Å². The van der Waals surface area contributed by atoms with E-state index in [1.54, 1.807) is 19.1 Å². The number of likely N-dealkylation sites (tertiary alicyclic amines) is 1. The Balaban J connectivity index is 1.96. The van der Waals surface area contributed by atoms with Crippen LogP contribution in [-0.4, -0.2) is 50.6 Å². The Hall–Kier alpha value is -3.02. The summed E-state index contributed by atoms with van der Waals surface area (Å²) in [6.07, 6.45) is 0.859. The minimum absolute atomic E-state index is 0.0354. The molecule has 0 aromatic heterocycles. The number of carbonyl (C=O) groups is 2. The second kappa shape index (κ2) is 9.65. The highest BCUT2D eigenvalue weighted by molar-refractivity contribution is 5.96. The number of aryl methyl sites for hydroxylation is 1. The number of carbonyl (C=O) groups excluding carboxylic acids is 2. The number of rotatable bonds is 7. The summed E-state index contributed by atoms with van der Waals surface area (Å²) in [7, 11) is 3.19. The van der Waals surface area contributed by atoms with E-state index in [4.69, 9.17) is 9.47 Å². The highest BCUT2D eigenvalue weighted by Gasteiger charge is 2.42. The molecule has 160 valence electrons. The molecule has 1 N–H and O–H groups in total. The molecule has 1 aliphatic heterocycles. The van der Waals surface area contributed by atoms with Crippen molar-refractivity contribution in [2.45, 2.75) is 26.2 Å². The maximum absolute atomic E-state index is 13.2. The van der Waals surface area contributed by atoms with Crippen LogP contribution in [-0.2, 0) is 4.79 Å². The van der Waals surface area contributed by atoms with Gasteiger partial charge in [-0.25, -0.2) is 0 Å². The topological polar surface area (TPSA) is 67.9 Å². The molecule has 0 radical (unpaired) electrons. The van der Waals surface area contributed by atoms with Crippen molar-refractivity contribution < 1.29 is 19.1 Å². The fraction of sp³-hybridized carbons (Fsp3) is 0.417. The first-order valence-corrected chi connectivity index (χ1v) is 10.3. The molecule has 0 saturated carbocycles. The molecule has 1 aliphatic rings. The maximum Gasteiger partial charge on any atom is 0.254 e. The highest BCUT2D eigenvalue weighted by atomic mass is 16.5.